The lowest BCUT2D eigenvalue weighted by Crippen LogP contribution is -2.46. The third-order valence-electron chi connectivity index (χ3n) is 5.65. The molecular weight excluding hydrogens is 533 g/mol. The van der Waals surface area contributed by atoms with E-state index in [1.165, 1.54) is 11.8 Å². The van der Waals surface area contributed by atoms with Crippen molar-refractivity contribution in [1.82, 2.24) is 4.90 Å². The van der Waals surface area contributed by atoms with Crippen molar-refractivity contribution in [3.63, 3.8) is 0 Å². The number of carbonyl (C=O) groups is 2. The van der Waals surface area contributed by atoms with E-state index < -0.39 is 5.25 Å². The van der Waals surface area contributed by atoms with Crippen molar-refractivity contribution in [2.75, 3.05) is 26.1 Å². The quantitative estimate of drug-likeness (QED) is 0.356. The highest BCUT2D eigenvalue weighted by Gasteiger charge is 2.36. The van der Waals surface area contributed by atoms with Crippen LogP contribution in [0.25, 0.3) is 0 Å². The third-order valence-corrected chi connectivity index (χ3v) is 7.32. The molecule has 1 N–H and O–H groups in total. The van der Waals surface area contributed by atoms with Gasteiger partial charge in [0, 0.05) is 28.7 Å². The number of ether oxygens (including phenoxy) is 2. The van der Waals surface area contributed by atoms with Crippen molar-refractivity contribution in [1.29, 1.82) is 0 Å². The van der Waals surface area contributed by atoms with Gasteiger partial charge in [0.15, 0.2) is 16.7 Å². The van der Waals surface area contributed by atoms with Crippen LogP contribution < -0.4 is 14.8 Å². The first-order valence-corrected chi connectivity index (χ1v) is 13.1. The van der Waals surface area contributed by atoms with Crippen molar-refractivity contribution in [2.24, 2.45) is 4.99 Å². The molecule has 0 radical (unpaired) electrons. The predicted molar refractivity (Wildman–Crippen MR) is 150 cm³/mol. The second-order valence-electron chi connectivity index (χ2n) is 8.17. The minimum absolute atomic E-state index is 0.0443. The van der Waals surface area contributed by atoms with Gasteiger partial charge in [0.25, 0.3) is 0 Å². The van der Waals surface area contributed by atoms with Crippen LogP contribution in [-0.2, 0) is 16.0 Å². The number of amides is 2. The van der Waals surface area contributed by atoms with Crippen LogP contribution in [0.5, 0.6) is 11.5 Å². The normalized spacial score (nSPS) is 16.5. The number of amidine groups is 1. The summed E-state index contributed by atoms with van der Waals surface area (Å²) in [6.07, 6.45) is 0.605. The smallest absolute Gasteiger partial charge is 0.238 e. The summed E-state index contributed by atoms with van der Waals surface area (Å²) in [5.74, 6) is 0.781. The third kappa shape index (κ3) is 6.97. The first-order valence-electron chi connectivity index (χ1n) is 11.4. The molecular formula is C27H25Cl2N3O4S. The van der Waals surface area contributed by atoms with Gasteiger partial charge < -0.3 is 14.8 Å². The highest BCUT2D eigenvalue weighted by molar-refractivity contribution is 8.15. The standard InChI is InChI=1S/C27H25Cl2N3O4S/c1-35-22-11-6-17(14-23(22)36-2)12-13-32-25(33)16-24(26(34)30-21-5-3-4-19(29)15-21)37-27(32)31-20-9-7-18(28)8-10-20/h3-11,14-15,24H,12-13,16H2,1-2H3,(H,30,34)/t24-/m0/s1. The Labute approximate surface area is 229 Å². The molecule has 37 heavy (non-hydrogen) atoms. The number of halogens is 2. The number of anilines is 1. The number of thioether (sulfide) groups is 1. The lowest BCUT2D eigenvalue weighted by Gasteiger charge is -2.32. The number of aliphatic imine (C=N–C) groups is 1. The zero-order chi connectivity index (χ0) is 26.4. The molecule has 4 rings (SSSR count). The van der Waals surface area contributed by atoms with E-state index >= 15 is 0 Å². The first-order chi connectivity index (χ1) is 17.9. The zero-order valence-electron chi connectivity index (χ0n) is 20.2. The van der Waals surface area contributed by atoms with Gasteiger partial charge in [-0.1, -0.05) is 47.1 Å². The van der Waals surface area contributed by atoms with Crippen molar-refractivity contribution < 1.29 is 19.1 Å². The van der Waals surface area contributed by atoms with E-state index in [-0.39, 0.29) is 18.2 Å². The number of rotatable bonds is 8. The number of hydrogen-bond donors (Lipinski definition) is 1. The Morgan fingerprint density at radius 1 is 1.03 bits per heavy atom. The molecule has 1 fully saturated rings. The Morgan fingerprint density at radius 3 is 2.49 bits per heavy atom. The average molecular weight is 558 g/mol. The summed E-state index contributed by atoms with van der Waals surface area (Å²) in [5.41, 5.74) is 2.17. The minimum atomic E-state index is -0.644. The molecule has 0 unspecified atom stereocenters. The van der Waals surface area contributed by atoms with Crippen LogP contribution in [0.1, 0.15) is 12.0 Å². The van der Waals surface area contributed by atoms with E-state index in [2.05, 4.69) is 5.32 Å². The summed E-state index contributed by atoms with van der Waals surface area (Å²) in [6.45, 7) is 0.385. The highest BCUT2D eigenvalue weighted by Crippen LogP contribution is 2.32. The topological polar surface area (TPSA) is 80.2 Å². The van der Waals surface area contributed by atoms with E-state index in [1.807, 2.05) is 18.2 Å². The molecule has 0 aliphatic carbocycles. The van der Waals surface area contributed by atoms with Gasteiger partial charge >= 0.3 is 0 Å². The molecule has 7 nitrogen and oxygen atoms in total. The predicted octanol–water partition coefficient (Wildman–Crippen LogP) is 6.21. The molecule has 3 aromatic rings. The lowest BCUT2D eigenvalue weighted by molar-refractivity contribution is -0.129. The summed E-state index contributed by atoms with van der Waals surface area (Å²) in [6, 6.07) is 19.5. The second-order valence-corrected chi connectivity index (χ2v) is 10.2. The number of nitrogens with zero attached hydrogens (tertiary/aromatic N) is 2. The SMILES string of the molecule is COc1ccc(CCN2C(=O)C[C@@H](C(=O)Nc3cccc(Cl)c3)SC2=Nc2ccc(Cl)cc2)cc1OC. The van der Waals surface area contributed by atoms with Crippen molar-refractivity contribution in [3.05, 3.63) is 82.3 Å². The number of nitrogens with one attached hydrogen (secondary N) is 1. The molecule has 0 aromatic heterocycles. The molecule has 0 saturated carbocycles. The fourth-order valence-electron chi connectivity index (χ4n) is 3.75. The van der Waals surface area contributed by atoms with E-state index in [9.17, 15) is 9.59 Å². The molecule has 0 spiro atoms. The van der Waals surface area contributed by atoms with Crippen molar-refractivity contribution in [3.8, 4) is 11.5 Å². The van der Waals surface area contributed by atoms with Gasteiger partial charge in [-0.15, -0.1) is 0 Å². The van der Waals surface area contributed by atoms with E-state index in [1.54, 1.807) is 67.7 Å². The largest absolute Gasteiger partial charge is 0.493 e. The average Bonchev–Trinajstić information content (AvgIpc) is 2.89. The van der Waals surface area contributed by atoms with Crippen molar-refractivity contribution >= 4 is 63.3 Å². The Hall–Kier alpha value is -3.20. The Bertz CT molecular complexity index is 1320. The number of methoxy groups -OCH3 is 2. The first kappa shape index (κ1) is 26.9. The van der Waals surface area contributed by atoms with Gasteiger partial charge in [0.1, 0.15) is 5.25 Å². The van der Waals surface area contributed by atoms with E-state index in [0.717, 1.165) is 5.56 Å². The van der Waals surface area contributed by atoms with Crippen LogP contribution in [0.2, 0.25) is 10.0 Å². The van der Waals surface area contributed by atoms with Gasteiger partial charge in [0.05, 0.1) is 19.9 Å². The van der Waals surface area contributed by atoms with Gasteiger partial charge in [-0.25, -0.2) is 4.99 Å². The second kappa shape index (κ2) is 12.4. The van der Waals surface area contributed by atoms with E-state index in [0.29, 0.717) is 51.1 Å². The highest BCUT2D eigenvalue weighted by atomic mass is 35.5. The zero-order valence-corrected chi connectivity index (χ0v) is 22.6. The fraction of sp³-hybridized carbons (Fsp3) is 0.222. The van der Waals surface area contributed by atoms with Gasteiger partial charge in [0.2, 0.25) is 11.8 Å². The van der Waals surface area contributed by atoms with Gasteiger partial charge in [-0.2, -0.15) is 0 Å². The fourth-order valence-corrected chi connectivity index (χ4v) is 5.19. The Kier molecular flexibility index (Phi) is 8.97. The summed E-state index contributed by atoms with van der Waals surface area (Å²) in [5, 5.41) is 3.75. The molecule has 1 aliphatic heterocycles. The molecule has 3 aromatic carbocycles. The lowest BCUT2D eigenvalue weighted by atomic mass is 10.1. The van der Waals surface area contributed by atoms with Crippen LogP contribution in [0, 0.1) is 0 Å². The Balaban J connectivity index is 1.55. The van der Waals surface area contributed by atoms with Crippen LogP contribution in [0.4, 0.5) is 11.4 Å². The summed E-state index contributed by atoms with van der Waals surface area (Å²) >= 11 is 13.3. The molecule has 192 valence electrons. The molecule has 10 heteroatoms. The molecule has 2 amide bonds. The molecule has 1 aliphatic rings. The summed E-state index contributed by atoms with van der Waals surface area (Å²) in [4.78, 5) is 32.6. The van der Waals surface area contributed by atoms with Crippen LogP contribution >= 0.6 is 35.0 Å². The number of benzene rings is 3. The molecule has 1 atom stereocenters. The maximum Gasteiger partial charge on any atom is 0.238 e. The summed E-state index contributed by atoms with van der Waals surface area (Å²) < 4.78 is 10.7. The van der Waals surface area contributed by atoms with E-state index in [4.69, 9.17) is 37.7 Å². The van der Waals surface area contributed by atoms with Crippen LogP contribution in [0.15, 0.2) is 71.7 Å². The maximum absolute atomic E-state index is 13.3. The Morgan fingerprint density at radius 2 is 1.78 bits per heavy atom. The maximum atomic E-state index is 13.3. The monoisotopic (exact) mass is 557 g/mol. The number of carbonyl (C=O) groups excluding carboxylic acids is 2. The van der Waals surface area contributed by atoms with Crippen molar-refractivity contribution in [2.45, 2.75) is 18.1 Å². The van der Waals surface area contributed by atoms with Gasteiger partial charge in [-0.05, 0) is 66.6 Å². The molecule has 0 bridgehead atoms. The van der Waals surface area contributed by atoms with Crippen LogP contribution in [0.3, 0.4) is 0 Å². The molecule has 1 heterocycles. The van der Waals surface area contributed by atoms with Gasteiger partial charge in [-0.3, -0.25) is 14.5 Å². The van der Waals surface area contributed by atoms with Crippen LogP contribution in [-0.4, -0.2) is 47.9 Å². The summed E-state index contributed by atoms with van der Waals surface area (Å²) in [7, 11) is 3.16. The molecule has 1 saturated heterocycles. The minimum Gasteiger partial charge on any atom is -0.493 e. The number of hydrogen-bond acceptors (Lipinski definition) is 6.